The minimum Gasteiger partial charge on any atom is -0.301 e. The van der Waals surface area contributed by atoms with Crippen LogP contribution in [0, 0.1) is 17.0 Å². The molecule has 1 fully saturated rings. The second-order valence-corrected chi connectivity index (χ2v) is 8.61. The second-order valence-electron chi connectivity index (χ2n) is 6.44. The summed E-state index contributed by atoms with van der Waals surface area (Å²) in [5.74, 6) is 0. The van der Waals surface area contributed by atoms with Gasteiger partial charge in [-0.1, -0.05) is 18.0 Å². The summed E-state index contributed by atoms with van der Waals surface area (Å²) >= 11 is 5.94. The largest absolute Gasteiger partial charge is 0.301 e. The maximum absolute atomic E-state index is 12.4. The number of halogens is 1. The first kappa shape index (κ1) is 20.1. The van der Waals surface area contributed by atoms with Crippen molar-refractivity contribution in [3.8, 4) is 0 Å². The monoisotopic (exact) mass is 389 g/mol. The van der Waals surface area contributed by atoms with Crippen molar-refractivity contribution in [1.82, 2.24) is 9.62 Å². The molecule has 140 valence electrons. The molecule has 1 aromatic rings. The number of hydrogen-bond acceptors (Lipinski definition) is 5. The van der Waals surface area contributed by atoms with E-state index in [-0.39, 0.29) is 27.7 Å². The predicted octanol–water partition coefficient (Wildman–Crippen LogP) is 3.10. The first-order valence-electron chi connectivity index (χ1n) is 8.40. The third kappa shape index (κ3) is 5.13. The molecule has 0 bridgehead atoms. The summed E-state index contributed by atoms with van der Waals surface area (Å²) in [4.78, 5) is 12.6. The van der Waals surface area contributed by atoms with E-state index < -0.39 is 14.9 Å². The van der Waals surface area contributed by atoms with Crippen molar-refractivity contribution < 1.29 is 13.3 Å². The van der Waals surface area contributed by atoms with Crippen LogP contribution in [0.1, 0.15) is 38.2 Å². The fraction of sp³-hybridized carbons (Fsp3) is 0.625. The maximum atomic E-state index is 12.4. The molecule has 1 aromatic carbocycles. The zero-order valence-electron chi connectivity index (χ0n) is 14.5. The molecule has 0 radical (unpaired) electrons. The Balaban J connectivity index is 1.98. The van der Waals surface area contributed by atoms with Gasteiger partial charge < -0.3 is 4.90 Å². The lowest BCUT2D eigenvalue weighted by Gasteiger charge is -2.33. The zero-order chi connectivity index (χ0) is 18.6. The van der Waals surface area contributed by atoms with Crippen molar-refractivity contribution in [2.75, 3.05) is 19.6 Å². The average molecular weight is 390 g/mol. The van der Waals surface area contributed by atoms with Gasteiger partial charge in [-0.25, -0.2) is 13.1 Å². The fourth-order valence-electron chi connectivity index (χ4n) is 3.05. The number of rotatable bonds is 7. The molecule has 1 atom stereocenters. The summed E-state index contributed by atoms with van der Waals surface area (Å²) in [5.41, 5.74) is -0.0419. The van der Waals surface area contributed by atoms with Gasteiger partial charge in [-0.05, 0) is 52.3 Å². The predicted molar refractivity (Wildman–Crippen MR) is 97.5 cm³/mol. The van der Waals surface area contributed by atoms with Gasteiger partial charge in [0.25, 0.3) is 5.69 Å². The molecule has 0 aliphatic carbocycles. The van der Waals surface area contributed by atoms with Crippen molar-refractivity contribution >= 4 is 27.3 Å². The van der Waals surface area contributed by atoms with E-state index >= 15 is 0 Å². The summed E-state index contributed by atoms with van der Waals surface area (Å²) in [5, 5.41) is 11.1. The topological polar surface area (TPSA) is 92.6 Å². The van der Waals surface area contributed by atoms with Gasteiger partial charge in [-0.15, -0.1) is 0 Å². The van der Waals surface area contributed by atoms with Gasteiger partial charge in [0.1, 0.15) is 0 Å². The number of nitro groups is 1. The van der Waals surface area contributed by atoms with Crippen LogP contribution in [0.25, 0.3) is 0 Å². The molecule has 1 heterocycles. The highest BCUT2D eigenvalue weighted by molar-refractivity contribution is 7.89. The molecule has 7 nitrogen and oxygen atoms in total. The molecule has 1 saturated heterocycles. The lowest BCUT2D eigenvalue weighted by molar-refractivity contribution is -0.385. The van der Waals surface area contributed by atoms with Crippen LogP contribution in [-0.4, -0.2) is 43.9 Å². The molecule has 2 rings (SSSR count). The SMILES string of the molecule is Cc1c(Cl)cc(S(=O)(=O)NCCCN2CCCCC2C)cc1[N+](=O)[O-]. The van der Waals surface area contributed by atoms with E-state index in [0.717, 1.165) is 19.2 Å². The first-order chi connectivity index (χ1) is 11.7. The van der Waals surface area contributed by atoms with Gasteiger partial charge in [0.2, 0.25) is 10.0 Å². The third-order valence-corrected chi connectivity index (χ3v) is 6.49. The highest BCUT2D eigenvalue weighted by atomic mass is 35.5. The second kappa shape index (κ2) is 8.44. The normalized spacial score (nSPS) is 19.1. The Bertz CT molecular complexity index is 739. The molecule has 0 saturated carbocycles. The highest BCUT2D eigenvalue weighted by Gasteiger charge is 2.22. The van der Waals surface area contributed by atoms with Gasteiger partial charge in [-0.3, -0.25) is 10.1 Å². The molecular formula is C16H24ClN3O4S. The number of benzene rings is 1. The van der Waals surface area contributed by atoms with Crippen LogP contribution in [0.4, 0.5) is 5.69 Å². The van der Waals surface area contributed by atoms with Crippen LogP contribution in [0.5, 0.6) is 0 Å². The molecule has 9 heteroatoms. The molecule has 0 spiro atoms. The fourth-order valence-corrected chi connectivity index (χ4v) is 4.45. The maximum Gasteiger partial charge on any atom is 0.275 e. The van der Waals surface area contributed by atoms with Crippen LogP contribution in [0.2, 0.25) is 5.02 Å². The van der Waals surface area contributed by atoms with Gasteiger partial charge in [0, 0.05) is 24.2 Å². The summed E-state index contributed by atoms with van der Waals surface area (Å²) in [6.07, 6.45) is 4.29. The Kier molecular flexibility index (Phi) is 6.79. The standard InChI is InChI=1S/C16H24ClN3O4S/c1-12-6-3-4-8-19(12)9-5-7-18-25(23,24)14-10-15(17)13(2)16(11-14)20(21)22/h10-12,18H,3-9H2,1-2H3. The van der Waals surface area contributed by atoms with E-state index in [0.29, 0.717) is 12.5 Å². The van der Waals surface area contributed by atoms with E-state index in [4.69, 9.17) is 11.6 Å². The van der Waals surface area contributed by atoms with Crippen LogP contribution < -0.4 is 4.72 Å². The molecule has 25 heavy (non-hydrogen) atoms. The molecule has 1 unspecified atom stereocenters. The number of nitrogens with one attached hydrogen (secondary N) is 1. The Morgan fingerprint density at radius 3 is 2.76 bits per heavy atom. The summed E-state index contributed by atoms with van der Waals surface area (Å²) < 4.78 is 27.3. The van der Waals surface area contributed by atoms with Crippen LogP contribution in [0.3, 0.4) is 0 Å². The number of hydrogen-bond donors (Lipinski definition) is 1. The third-order valence-electron chi connectivity index (χ3n) is 4.65. The number of likely N-dealkylation sites (tertiary alicyclic amines) is 1. The Morgan fingerprint density at radius 2 is 2.12 bits per heavy atom. The lowest BCUT2D eigenvalue weighted by Crippen LogP contribution is -2.39. The molecule has 1 aliphatic heterocycles. The van der Waals surface area contributed by atoms with Crippen molar-refractivity contribution in [3.63, 3.8) is 0 Å². The Morgan fingerprint density at radius 1 is 1.40 bits per heavy atom. The summed E-state index contributed by atoms with van der Waals surface area (Å²) in [6, 6.07) is 2.83. The Hall–Kier alpha value is -1.22. The van der Waals surface area contributed by atoms with Crippen LogP contribution in [-0.2, 0) is 10.0 Å². The molecule has 0 amide bonds. The zero-order valence-corrected chi connectivity index (χ0v) is 16.1. The van der Waals surface area contributed by atoms with E-state index in [1.165, 1.54) is 32.3 Å². The van der Waals surface area contributed by atoms with Crippen molar-refractivity contribution in [3.05, 3.63) is 32.8 Å². The lowest BCUT2D eigenvalue weighted by atomic mass is 10.0. The average Bonchev–Trinajstić information content (AvgIpc) is 2.55. The van der Waals surface area contributed by atoms with E-state index in [2.05, 4.69) is 16.5 Å². The Labute approximate surface area is 153 Å². The molecule has 0 aromatic heterocycles. The molecule has 1 aliphatic rings. The van der Waals surface area contributed by atoms with Crippen molar-refractivity contribution in [2.45, 2.75) is 50.5 Å². The first-order valence-corrected chi connectivity index (χ1v) is 10.3. The minimum atomic E-state index is -3.83. The highest BCUT2D eigenvalue weighted by Crippen LogP contribution is 2.29. The number of sulfonamides is 1. The smallest absolute Gasteiger partial charge is 0.275 e. The summed E-state index contributed by atoms with van der Waals surface area (Å²) in [6.45, 7) is 5.85. The number of piperidine rings is 1. The molecule has 1 N–H and O–H groups in total. The van der Waals surface area contributed by atoms with Crippen molar-refractivity contribution in [2.24, 2.45) is 0 Å². The van der Waals surface area contributed by atoms with Gasteiger partial charge in [0.05, 0.1) is 14.8 Å². The summed E-state index contributed by atoms with van der Waals surface area (Å²) in [7, 11) is -3.83. The van der Waals surface area contributed by atoms with Gasteiger partial charge in [0.15, 0.2) is 0 Å². The van der Waals surface area contributed by atoms with Crippen molar-refractivity contribution in [1.29, 1.82) is 0 Å². The van der Waals surface area contributed by atoms with Crippen LogP contribution in [0.15, 0.2) is 17.0 Å². The van der Waals surface area contributed by atoms with E-state index in [1.54, 1.807) is 0 Å². The number of nitrogens with zero attached hydrogens (tertiary/aromatic N) is 2. The van der Waals surface area contributed by atoms with E-state index in [1.807, 2.05) is 0 Å². The van der Waals surface area contributed by atoms with Gasteiger partial charge in [-0.2, -0.15) is 0 Å². The number of nitro benzene ring substituents is 1. The van der Waals surface area contributed by atoms with Gasteiger partial charge >= 0.3 is 0 Å². The van der Waals surface area contributed by atoms with Crippen LogP contribution >= 0.6 is 11.6 Å². The molecular weight excluding hydrogens is 366 g/mol. The quantitative estimate of drug-likeness (QED) is 0.439. The van der Waals surface area contributed by atoms with E-state index in [9.17, 15) is 18.5 Å². The minimum absolute atomic E-state index is 0.0664.